The molecule has 0 aliphatic heterocycles. The molecule has 0 saturated carbocycles. The van der Waals surface area contributed by atoms with Crippen LogP contribution in [0.2, 0.25) is 0 Å². The number of hydrogen-bond donors (Lipinski definition) is 1. The average molecular weight is 313 g/mol. The van der Waals surface area contributed by atoms with Crippen molar-refractivity contribution < 1.29 is 28.2 Å². The molecule has 1 atom stereocenters. The van der Waals surface area contributed by atoms with Gasteiger partial charge in [-0.25, -0.2) is 9.18 Å². The Balaban J connectivity index is 2.57. The lowest BCUT2D eigenvalue weighted by atomic mass is 10.1. The van der Waals surface area contributed by atoms with Crippen molar-refractivity contribution in [3.8, 4) is 0 Å². The van der Waals surface area contributed by atoms with E-state index in [9.17, 15) is 14.0 Å². The van der Waals surface area contributed by atoms with Crippen molar-refractivity contribution in [2.24, 2.45) is 0 Å². The number of methoxy groups -OCH3 is 2. The molecule has 0 unspecified atom stereocenters. The van der Waals surface area contributed by atoms with Gasteiger partial charge in [-0.05, 0) is 17.7 Å². The van der Waals surface area contributed by atoms with E-state index in [1.165, 1.54) is 32.4 Å². The van der Waals surface area contributed by atoms with Crippen LogP contribution in [0.1, 0.15) is 5.56 Å². The zero-order valence-corrected chi connectivity index (χ0v) is 12.6. The summed E-state index contributed by atoms with van der Waals surface area (Å²) < 4.78 is 27.7. The second kappa shape index (κ2) is 9.86. The lowest BCUT2D eigenvalue weighted by Gasteiger charge is -2.16. The largest absolute Gasteiger partial charge is 0.467 e. The van der Waals surface area contributed by atoms with Crippen LogP contribution in [-0.2, 0) is 30.2 Å². The van der Waals surface area contributed by atoms with Crippen molar-refractivity contribution >= 4 is 11.9 Å². The molecule has 22 heavy (non-hydrogen) atoms. The van der Waals surface area contributed by atoms with E-state index < -0.39 is 23.7 Å². The van der Waals surface area contributed by atoms with Crippen LogP contribution in [0.5, 0.6) is 0 Å². The van der Waals surface area contributed by atoms with Crippen LogP contribution in [0.15, 0.2) is 24.3 Å². The van der Waals surface area contributed by atoms with Gasteiger partial charge in [0.25, 0.3) is 0 Å². The Morgan fingerprint density at radius 1 is 1.27 bits per heavy atom. The fourth-order valence-corrected chi connectivity index (χ4v) is 1.78. The number of carbonyl (C=O) groups is 2. The fraction of sp³-hybridized carbons (Fsp3) is 0.467. The quantitative estimate of drug-likeness (QED) is 0.536. The van der Waals surface area contributed by atoms with Gasteiger partial charge in [0.15, 0.2) is 0 Å². The highest BCUT2D eigenvalue weighted by molar-refractivity contribution is 5.85. The zero-order chi connectivity index (χ0) is 16.4. The maximum atomic E-state index is 13.2. The van der Waals surface area contributed by atoms with Crippen molar-refractivity contribution in [2.75, 3.05) is 34.0 Å². The van der Waals surface area contributed by atoms with Crippen molar-refractivity contribution in [1.82, 2.24) is 5.32 Å². The molecule has 0 fully saturated rings. The minimum Gasteiger partial charge on any atom is -0.467 e. The van der Waals surface area contributed by atoms with Gasteiger partial charge in [-0.15, -0.1) is 0 Å². The van der Waals surface area contributed by atoms with E-state index in [2.05, 4.69) is 10.1 Å². The maximum Gasteiger partial charge on any atom is 0.328 e. The second-order valence-electron chi connectivity index (χ2n) is 4.52. The number of esters is 1. The number of amides is 1. The number of nitrogens with one attached hydrogen (secondary N) is 1. The summed E-state index contributed by atoms with van der Waals surface area (Å²) in [5.74, 6) is -1.47. The molecule has 0 aromatic heterocycles. The summed E-state index contributed by atoms with van der Waals surface area (Å²) in [6, 6.07) is 4.91. The first-order valence-electron chi connectivity index (χ1n) is 6.75. The molecule has 0 spiro atoms. The lowest BCUT2D eigenvalue weighted by Crippen LogP contribution is -2.44. The fourth-order valence-electron chi connectivity index (χ4n) is 1.78. The molecule has 0 aliphatic carbocycles. The summed E-state index contributed by atoms with van der Waals surface area (Å²) in [4.78, 5) is 23.5. The molecule has 0 bridgehead atoms. The molecular formula is C15H20FNO5. The molecular weight excluding hydrogens is 293 g/mol. The third kappa shape index (κ3) is 6.64. The number of halogens is 1. The van der Waals surface area contributed by atoms with Gasteiger partial charge in [0.05, 0.1) is 20.3 Å². The number of rotatable bonds is 9. The minimum absolute atomic E-state index is 0.133. The molecule has 7 heteroatoms. The van der Waals surface area contributed by atoms with Gasteiger partial charge < -0.3 is 19.5 Å². The number of carbonyl (C=O) groups excluding carboxylic acids is 2. The Kier molecular flexibility index (Phi) is 8.09. The van der Waals surface area contributed by atoms with Crippen LogP contribution < -0.4 is 5.32 Å². The van der Waals surface area contributed by atoms with Crippen LogP contribution in [0.3, 0.4) is 0 Å². The molecule has 1 aromatic carbocycles. The Hall–Kier alpha value is -1.99. The molecule has 1 amide bonds. The average Bonchev–Trinajstić information content (AvgIpc) is 2.50. The van der Waals surface area contributed by atoms with Crippen LogP contribution >= 0.6 is 0 Å². The standard InChI is InChI=1S/C15H20FNO5/c1-20-6-7-22-10-14(18)17-13(15(19)21-2)9-11-4-3-5-12(16)8-11/h3-5,8,13H,6-7,9-10H2,1-2H3,(H,17,18)/t13-/m1/s1. The first-order valence-corrected chi connectivity index (χ1v) is 6.75. The van der Waals surface area contributed by atoms with Gasteiger partial charge in [-0.1, -0.05) is 12.1 Å². The zero-order valence-electron chi connectivity index (χ0n) is 12.6. The van der Waals surface area contributed by atoms with Crippen molar-refractivity contribution in [1.29, 1.82) is 0 Å². The normalized spacial score (nSPS) is 11.8. The van der Waals surface area contributed by atoms with Gasteiger partial charge in [-0.2, -0.15) is 0 Å². The van der Waals surface area contributed by atoms with E-state index in [0.717, 1.165) is 0 Å². The van der Waals surface area contributed by atoms with Gasteiger partial charge in [0, 0.05) is 13.5 Å². The molecule has 0 aliphatic rings. The summed E-state index contributed by atoms with van der Waals surface area (Å²) in [5, 5.41) is 2.51. The summed E-state index contributed by atoms with van der Waals surface area (Å²) in [5.41, 5.74) is 0.580. The van der Waals surface area contributed by atoms with Gasteiger partial charge in [0.2, 0.25) is 5.91 Å². The molecule has 0 heterocycles. The highest BCUT2D eigenvalue weighted by atomic mass is 19.1. The van der Waals surface area contributed by atoms with Crippen molar-refractivity contribution in [2.45, 2.75) is 12.5 Å². The predicted molar refractivity (Wildman–Crippen MR) is 76.7 cm³/mol. The Labute approximate surface area is 128 Å². The highest BCUT2D eigenvalue weighted by Crippen LogP contribution is 2.07. The van der Waals surface area contributed by atoms with E-state index in [0.29, 0.717) is 12.2 Å². The van der Waals surface area contributed by atoms with Crippen molar-refractivity contribution in [3.05, 3.63) is 35.6 Å². The van der Waals surface area contributed by atoms with Crippen molar-refractivity contribution in [3.63, 3.8) is 0 Å². The molecule has 122 valence electrons. The van der Waals surface area contributed by atoms with E-state index in [1.807, 2.05) is 0 Å². The second-order valence-corrected chi connectivity index (χ2v) is 4.52. The molecule has 0 radical (unpaired) electrons. The van der Waals surface area contributed by atoms with E-state index >= 15 is 0 Å². The molecule has 1 aromatic rings. The van der Waals surface area contributed by atoms with Gasteiger partial charge in [-0.3, -0.25) is 4.79 Å². The Morgan fingerprint density at radius 2 is 2.05 bits per heavy atom. The number of ether oxygens (including phenoxy) is 3. The van der Waals surface area contributed by atoms with Crippen LogP contribution in [0.25, 0.3) is 0 Å². The third-order valence-electron chi connectivity index (χ3n) is 2.81. The maximum absolute atomic E-state index is 13.2. The predicted octanol–water partition coefficient (Wildman–Crippen LogP) is 0.689. The topological polar surface area (TPSA) is 73.9 Å². The monoisotopic (exact) mass is 313 g/mol. The third-order valence-corrected chi connectivity index (χ3v) is 2.81. The minimum atomic E-state index is -0.898. The lowest BCUT2D eigenvalue weighted by molar-refractivity contribution is -0.145. The van der Waals surface area contributed by atoms with Crippen LogP contribution in [-0.4, -0.2) is 52.0 Å². The summed E-state index contributed by atoms with van der Waals surface area (Å²) in [7, 11) is 2.75. The number of hydrogen-bond acceptors (Lipinski definition) is 5. The molecule has 1 rings (SSSR count). The Bertz CT molecular complexity index is 495. The summed E-state index contributed by atoms with van der Waals surface area (Å²) in [6.07, 6.45) is 0.133. The van der Waals surface area contributed by atoms with Gasteiger partial charge >= 0.3 is 5.97 Å². The van der Waals surface area contributed by atoms with Gasteiger partial charge in [0.1, 0.15) is 18.5 Å². The first kappa shape index (κ1) is 18.1. The Morgan fingerprint density at radius 3 is 2.68 bits per heavy atom. The van der Waals surface area contributed by atoms with E-state index in [-0.39, 0.29) is 19.6 Å². The van der Waals surface area contributed by atoms with Crippen LogP contribution in [0, 0.1) is 5.82 Å². The van der Waals surface area contributed by atoms with Crippen LogP contribution in [0.4, 0.5) is 4.39 Å². The number of benzene rings is 1. The first-order chi connectivity index (χ1) is 10.6. The summed E-state index contributed by atoms with van der Waals surface area (Å²) in [6.45, 7) is 0.452. The van der Waals surface area contributed by atoms with E-state index in [4.69, 9.17) is 9.47 Å². The van der Waals surface area contributed by atoms with E-state index in [1.54, 1.807) is 6.07 Å². The SMILES string of the molecule is COCCOCC(=O)N[C@H](Cc1cccc(F)c1)C(=O)OC. The smallest absolute Gasteiger partial charge is 0.328 e. The highest BCUT2D eigenvalue weighted by Gasteiger charge is 2.22. The molecule has 1 N–H and O–H groups in total. The summed E-state index contributed by atoms with van der Waals surface area (Å²) >= 11 is 0. The molecule has 0 saturated heterocycles. The molecule has 6 nitrogen and oxygen atoms in total.